The second kappa shape index (κ2) is 8.29. The van der Waals surface area contributed by atoms with Gasteiger partial charge in [0.25, 0.3) is 5.91 Å². The van der Waals surface area contributed by atoms with E-state index in [1.807, 2.05) is 30.3 Å². The van der Waals surface area contributed by atoms with Gasteiger partial charge >= 0.3 is 0 Å². The number of ether oxygens (including phenoxy) is 1. The van der Waals surface area contributed by atoms with Crippen molar-refractivity contribution < 1.29 is 13.9 Å². The third-order valence-electron chi connectivity index (χ3n) is 5.16. The fraction of sp³-hybridized carbons (Fsp3) is 0.115. The van der Waals surface area contributed by atoms with Gasteiger partial charge in [0.1, 0.15) is 11.5 Å². The summed E-state index contributed by atoms with van der Waals surface area (Å²) in [7, 11) is 0. The fourth-order valence-corrected chi connectivity index (χ4v) is 3.30. The highest BCUT2D eigenvalue weighted by Crippen LogP contribution is 2.33. The van der Waals surface area contributed by atoms with Crippen LogP contribution >= 0.6 is 0 Å². The van der Waals surface area contributed by atoms with Crippen molar-refractivity contribution in [1.29, 1.82) is 0 Å². The molecule has 30 heavy (non-hydrogen) atoms. The Morgan fingerprint density at radius 2 is 1.37 bits per heavy atom. The molecule has 4 rings (SSSR count). The van der Waals surface area contributed by atoms with Crippen molar-refractivity contribution in [2.45, 2.75) is 19.3 Å². The van der Waals surface area contributed by atoms with Gasteiger partial charge in [0.2, 0.25) is 0 Å². The summed E-state index contributed by atoms with van der Waals surface area (Å²) in [5.74, 6) is 1.44. The largest absolute Gasteiger partial charge is 0.459 e. The van der Waals surface area contributed by atoms with E-state index >= 15 is 0 Å². The van der Waals surface area contributed by atoms with Crippen LogP contribution in [0.15, 0.2) is 102 Å². The summed E-state index contributed by atoms with van der Waals surface area (Å²) in [4.78, 5) is 12.0. The van der Waals surface area contributed by atoms with E-state index in [0.29, 0.717) is 11.4 Å². The molecular formula is C26H23NO3. The molecule has 1 heterocycles. The molecule has 0 atom stereocenters. The van der Waals surface area contributed by atoms with E-state index in [4.69, 9.17) is 9.15 Å². The third-order valence-corrected chi connectivity index (χ3v) is 5.16. The first-order valence-corrected chi connectivity index (χ1v) is 9.81. The van der Waals surface area contributed by atoms with E-state index in [0.717, 1.165) is 5.75 Å². The van der Waals surface area contributed by atoms with Gasteiger partial charge in [-0.05, 0) is 59.7 Å². The van der Waals surface area contributed by atoms with Gasteiger partial charge in [0.15, 0.2) is 5.76 Å². The van der Waals surface area contributed by atoms with Gasteiger partial charge in [-0.15, -0.1) is 0 Å². The van der Waals surface area contributed by atoms with Crippen LogP contribution in [0.4, 0.5) is 5.69 Å². The molecule has 0 aliphatic rings. The number of anilines is 1. The molecule has 150 valence electrons. The summed E-state index contributed by atoms with van der Waals surface area (Å²) in [6, 6.07) is 29.1. The topological polar surface area (TPSA) is 51.5 Å². The van der Waals surface area contributed by atoms with E-state index in [1.165, 1.54) is 17.4 Å². The van der Waals surface area contributed by atoms with Crippen molar-refractivity contribution in [3.05, 3.63) is 114 Å². The number of furan rings is 1. The molecule has 0 fully saturated rings. The normalized spacial score (nSPS) is 11.1. The number of rotatable bonds is 6. The Labute approximate surface area is 176 Å². The van der Waals surface area contributed by atoms with Crippen LogP contribution in [0.1, 0.15) is 35.5 Å². The van der Waals surface area contributed by atoms with Crippen LogP contribution in [0.5, 0.6) is 11.5 Å². The Morgan fingerprint density at radius 1 is 0.767 bits per heavy atom. The van der Waals surface area contributed by atoms with Crippen LogP contribution in [0.2, 0.25) is 0 Å². The molecule has 3 aromatic carbocycles. The fourth-order valence-electron chi connectivity index (χ4n) is 3.30. The first-order valence-electron chi connectivity index (χ1n) is 9.81. The van der Waals surface area contributed by atoms with E-state index in [9.17, 15) is 4.79 Å². The number of hydrogen-bond acceptors (Lipinski definition) is 3. The Morgan fingerprint density at radius 3 is 1.97 bits per heavy atom. The molecule has 0 saturated carbocycles. The summed E-state index contributed by atoms with van der Waals surface area (Å²) < 4.78 is 11.0. The van der Waals surface area contributed by atoms with Crippen LogP contribution in [0.25, 0.3) is 0 Å². The highest BCUT2D eigenvalue weighted by Gasteiger charge is 2.22. The number of hydrogen-bond donors (Lipinski definition) is 1. The summed E-state index contributed by atoms with van der Waals surface area (Å²) in [5, 5.41) is 2.79. The maximum absolute atomic E-state index is 12.0. The van der Waals surface area contributed by atoms with E-state index in [1.54, 1.807) is 24.3 Å². The summed E-state index contributed by atoms with van der Waals surface area (Å²) in [5.41, 5.74) is 3.07. The number of amides is 1. The van der Waals surface area contributed by atoms with Crippen LogP contribution in [0, 0.1) is 0 Å². The van der Waals surface area contributed by atoms with Crippen molar-refractivity contribution in [2.75, 3.05) is 5.32 Å². The number of carbonyl (C=O) groups excluding carboxylic acids is 1. The Balaban J connectivity index is 1.41. The minimum atomic E-state index is -0.287. The second-order valence-electron chi connectivity index (χ2n) is 7.57. The Hall–Kier alpha value is -3.79. The van der Waals surface area contributed by atoms with Gasteiger partial charge in [0, 0.05) is 11.1 Å². The molecule has 1 amide bonds. The lowest BCUT2D eigenvalue weighted by Gasteiger charge is -2.26. The second-order valence-corrected chi connectivity index (χ2v) is 7.57. The zero-order valence-electron chi connectivity index (χ0n) is 17.0. The van der Waals surface area contributed by atoms with Crippen molar-refractivity contribution in [3.63, 3.8) is 0 Å². The minimum absolute atomic E-state index is 0.0896. The van der Waals surface area contributed by atoms with Gasteiger partial charge in [-0.1, -0.05) is 56.3 Å². The quantitative estimate of drug-likeness (QED) is 0.396. The molecule has 4 aromatic rings. The average molecular weight is 397 g/mol. The van der Waals surface area contributed by atoms with Gasteiger partial charge in [0.05, 0.1) is 6.26 Å². The Bertz CT molecular complexity index is 1100. The van der Waals surface area contributed by atoms with Crippen LogP contribution in [-0.4, -0.2) is 5.91 Å². The molecule has 0 bridgehead atoms. The summed E-state index contributed by atoms with van der Waals surface area (Å²) in [6.45, 7) is 4.43. The molecule has 0 spiro atoms. The lowest BCUT2D eigenvalue weighted by Crippen LogP contribution is -2.18. The summed E-state index contributed by atoms with van der Waals surface area (Å²) >= 11 is 0. The van der Waals surface area contributed by atoms with Crippen LogP contribution in [-0.2, 0) is 5.41 Å². The SMILES string of the molecule is CC(C)(c1ccccc1)c1ccc(Oc2ccc(NC(=O)c3ccco3)cc2)cc1. The molecule has 4 heteroatoms. The van der Waals surface area contributed by atoms with Gasteiger partial charge in [-0.25, -0.2) is 0 Å². The first-order chi connectivity index (χ1) is 14.5. The standard InChI is InChI=1S/C26H23NO3/c1-26(2,19-7-4-3-5-8-19)20-10-14-22(15-11-20)30-23-16-12-21(13-17-23)27-25(28)24-9-6-18-29-24/h3-18H,1-2H3,(H,27,28). The zero-order chi connectivity index (χ0) is 21.0. The number of benzene rings is 3. The lowest BCUT2D eigenvalue weighted by atomic mass is 9.78. The van der Waals surface area contributed by atoms with Gasteiger partial charge in [-0.2, -0.15) is 0 Å². The molecule has 0 aliphatic carbocycles. The lowest BCUT2D eigenvalue weighted by molar-refractivity contribution is 0.0996. The van der Waals surface area contributed by atoms with Crippen molar-refractivity contribution in [2.24, 2.45) is 0 Å². The van der Waals surface area contributed by atoms with Crippen LogP contribution < -0.4 is 10.1 Å². The molecule has 0 radical (unpaired) electrons. The van der Waals surface area contributed by atoms with Crippen molar-refractivity contribution in [3.8, 4) is 11.5 Å². The van der Waals surface area contributed by atoms with Crippen molar-refractivity contribution in [1.82, 2.24) is 0 Å². The monoisotopic (exact) mass is 397 g/mol. The number of nitrogens with one attached hydrogen (secondary N) is 1. The molecule has 4 nitrogen and oxygen atoms in total. The summed E-state index contributed by atoms with van der Waals surface area (Å²) in [6.07, 6.45) is 1.47. The minimum Gasteiger partial charge on any atom is -0.459 e. The van der Waals surface area contributed by atoms with Crippen LogP contribution in [0.3, 0.4) is 0 Å². The van der Waals surface area contributed by atoms with Crippen molar-refractivity contribution >= 4 is 11.6 Å². The smallest absolute Gasteiger partial charge is 0.291 e. The third kappa shape index (κ3) is 4.28. The van der Waals surface area contributed by atoms with E-state index < -0.39 is 0 Å². The highest BCUT2D eigenvalue weighted by molar-refractivity contribution is 6.02. The Kier molecular flexibility index (Phi) is 5.40. The maximum atomic E-state index is 12.0. The highest BCUT2D eigenvalue weighted by atomic mass is 16.5. The molecule has 0 saturated heterocycles. The van der Waals surface area contributed by atoms with Gasteiger partial charge in [-0.3, -0.25) is 4.79 Å². The predicted octanol–water partition coefficient (Wildman–Crippen LogP) is 6.65. The molecule has 0 unspecified atom stereocenters. The van der Waals surface area contributed by atoms with Gasteiger partial charge < -0.3 is 14.5 Å². The molecule has 1 N–H and O–H groups in total. The average Bonchev–Trinajstić information content (AvgIpc) is 3.31. The zero-order valence-corrected chi connectivity index (χ0v) is 17.0. The van der Waals surface area contributed by atoms with E-state index in [2.05, 4.69) is 55.6 Å². The van der Waals surface area contributed by atoms with E-state index in [-0.39, 0.29) is 17.1 Å². The maximum Gasteiger partial charge on any atom is 0.291 e. The molecular weight excluding hydrogens is 374 g/mol. The number of carbonyl (C=O) groups is 1. The first kappa shape index (κ1) is 19.5. The molecule has 0 aliphatic heterocycles. The predicted molar refractivity (Wildman–Crippen MR) is 118 cm³/mol. The molecule has 1 aromatic heterocycles.